The van der Waals surface area contributed by atoms with Gasteiger partial charge < -0.3 is 15.4 Å². The Bertz CT molecular complexity index is 974. The normalized spacial score (nSPS) is 11.7. The highest BCUT2D eigenvalue weighted by Crippen LogP contribution is 2.15. The molecule has 0 aliphatic rings. The molecule has 1 heterocycles. The van der Waals surface area contributed by atoms with Crippen molar-refractivity contribution in [1.82, 2.24) is 15.5 Å². The number of ether oxygens (including phenoxy) is 1. The van der Waals surface area contributed by atoms with Crippen LogP contribution in [0.2, 0.25) is 0 Å². The highest BCUT2D eigenvalue weighted by atomic mass is 32.1. The second kappa shape index (κ2) is 10.6. The number of hydrogen-bond acceptors (Lipinski definition) is 6. The Kier molecular flexibility index (Phi) is 7.64. The molecule has 30 heavy (non-hydrogen) atoms. The first-order valence-corrected chi connectivity index (χ1v) is 10.4. The average molecular weight is 425 g/mol. The smallest absolute Gasteiger partial charge is 0.286 e. The van der Waals surface area contributed by atoms with Gasteiger partial charge in [-0.05, 0) is 49.6 Å². The van der Waals surface area contributed by atoms with Crippen LogP contribution in [0, 0.1) is 0 Å². The van der Waals surface area contributed by atoms with Crippen molar-refractivity contribution in [2.45, 2.75) is 32.4 Å². The molecule has 0 aliphatic carbocycles. The maximum absolute atomic E-state index is 12.5. The maximum Gasteiger partial charge on any atom is 0.286 e. The van der Waals surface area contributed by atoms with Crippen molar-refractivity contribution >= 4 is 28.8 Å². The lowest BCUT2D eigenvalue weighted by molar-refractivity contribution is 0.0938. The van der Waals surface area contributed by atoms with Gasteiger partial charge in [0.25, 0.3) is 11.8 Å². The number of hydrogen-bond donors (Lipinski definition) is 2. The number of aryl methyl sites for hydroxylation is 1. The van der Waals surface area contributed by atoms with Gasteiger partial charge in [-0.15, -0.1) is 10.2 Å². The van der Waals surface area contributed by atoms with Gasteiger partial charge in [0.2, 0.25) is 5.01 Å². The van der Waals surface area contributed by atoms with E-state index in [1.54, 1.807) is 31.4 Å². The van der Waals surface area contributed by atoms with Crippen molar-refractivity contribution < 1.29 is 14.3 Å². The largest absolute Gasteiger partial charge is 0.377 e. The molecule has 0 bridgehead atoms. The molecule has 0 radical (unpaired) electrons. The number of carbonyl (C=O) groups is 2. The summed E-state index contributed by atoms with van der Waals surface area (Å²) in [5.74, 6) is -0.483. The lowest BCUT2D eigenvalue weighted by Crippen LogP contribution is -2.32. The number of aromatic nitrogens is 2. The summed E-state index contributed by atoms with van der Waals surface area (Å²) in [5.41, 5.74) is 2.37. The van der Waals surface area contributed by atoms with Crippen molar-refractivity contribution in [2.75, 3.05) is 12.4 Å². The number of benzene rings is 2. The molecule has 1 aromatic heterocycles. The zero-order valence-electron chi connectivity index (χ0n) is 16.9. The highest BCUT2D eigenvalue weighted by molar-refractivity contribution is 7.13. The highest BCUT2D eigenvalue weighted by Gasteiger charge is 2.14. The Morgan fingerprint density at radius 3 is 2.47 bits per heavy atom. The number of methoxy groups -OCH3 is 1. The molecule has 0 fully saturated rings. The summed E-state index contributed by atoms with van der Waals surface area (Å²) < 4.78 is 4.98. The predicted molar refractivity (Wildman–Crippen MR) is 117 cm³/mol. The monoisotopic (exact) mass is 424 g/mol. The molecule has 7 nitrogen and oxygen atoms in total. The van der Waals surface area contributed by atoms with E-state index in [1.807, 2.05) is 25.1 Å². The third kappa shape index (κ3) is 6.20. The molecule has 0 unspecified atom stereocenters. The molecular formula is C22H24N4O3S. The number of carbonyl (C=O) groups excluding carboxylic acids is 2. The van der Waals surface area contributed by atoms with Crippen LogP contribution < -0.4 is 10.6 Å². The Hall–Kier alpha value is -3.10. The van der Waals surface area contributed by atoms with Crippen LogP contribution in [0.4, 0.5) is 5.69 Å². The molecule has 0 aliphatic heterocycles. The fourth-order valence-corrected chi connectivity index (χ4v) is 3.53. The van der Waals surface area contributed by atoms with Gasteiger partial charge in [-0.25, -0.2) is 0 Å². The molecule has 2 amide bonds. The second-order valence-corrected chi connectivity index (χ2v) is 7.93. The van der Waals surface area contributed by atoms with E-state index in [0.29, 0.717) is 22.9 Å². The van der Waals surface area contributed by atoms with Gasteiger partial charge in [-0.2, -0.15) is 0 Å². The van der Waals surface area contributed by atoms with Gasteiger partial charge >= 0.3 is 0 Å². The predicted octanol–water partition coefficient (Wildman–Crippen LogP) is 3.69. The number of anilines is 1. The molecule has 0 saturated heterocycles. The first kappa shape index (κ1) is 21.6. The molecule has 0 spiro atoms. The van der Waals surface area contributed by atoms with Crippen LogP contribution in [0.15, 0.2) is 54.6 Å². The molecule has 156 valence electrons. The molecule has 3 aromatic rings. The summed E-state index contributed by atoms with van der Waals surface area (Å²) in [7, 11) is 1.56. The molecule has 8 heteroatoms. The fourth-order valence-electron chi connectivity index (χ4n) is 2.82. The topological polar surface area (TPSA) is 93.2 Å². The summed E-state index contributed by atoms with van der Waals surface area (Å²) in [6.45, 7) is 2.31. The molecule has 0 saturated carbocycles. The Balaban J connectivity index is 1.50. The second-order valence-electron chi connectivity index (χ2n) is 6.86. The third-order valence-corrected chi connectivity index (χ3v) is 5.32. The number of rotatable bonds is 9. The quantitative estimate of drug-likeness (QED) is 0.546. The standard InChI is InChI=1S/C22H24N4O3S/c1-15(8-9-16-6-4-3-5-7-16)23-20(27)17-10-12-18(13-11-17)24-21(28)22-26-25-19(30-22)14-29-2/h3-7,10-13,15H,8-9,14H2,1-2H3,(H,23,27)(H,24,28)/t15-/m1/s1. The van der Waals surface area contributed by atoms with Gasteiger partial charge in [-0.3, -0.25) is 9.59 Å². The molecular weight excluding hydrogens is 400 g/mol. The minimum absolute atomic E-state index is 0.0517. The molecule has 1 atom stereocenters. The summed E-state index contributed by atoms with van der Waals surface area (Å²) in [4.78, 5) is 24.7. The van der Waals surface area contributed by atoms with E-state index in [2.05, 4.69) is 33.0 Å². The average Bonchev–Trinajstić information content (AvgIpc) is 3.23. The Morgan fingerprint density at radius 1 is 1.03 bits per heavy atom. The van der Waals surface area contributed by atoms with Crippen LogP contribution in [0.3, 0.4) is 0 Å². The van der Waals surface area contributed by atoms with Gasteiger partial charge in [0.1, 0.15) is 5.01 Å². The van der Waals surface area contributed by atoms with Crippen molar-refractivity contribution in [1.29, 1.82) is 0 Å². The third-order valence-electron chi connectivity index (χ3n) is 4.42. The number of nitrogens with one attached hydrogen (secondary N) is 2. The first-order valence-electron chi connectivity index (χ1n) is 9.62. The van der Waals surface area contributed by atoms with E-state index in [9.17, 15) is 9.59 Å². The van der Waals surface area contributed by atoms with Crippen LogP contribution >= 0.6 is 11.3 Å². The van der Waals surface area contributed by atoms with Gasteiger partial charge in [-0.1, -0.05) is 41.7 Å². The summed E-state index contributed by atoms with van der Waals surface area (Å²) in [6, 6.07) is 17.0. The Morgan fingerprint density at radius 2 is 1.77 bits per heavy atom. The molecule has 3 rings (SSSR count). The Labute approximate surface area is 179 Å². The minimum Gasteiger partial charge on any atom is -0.377 e. The van der Waals surface area contributed by atoms with Crippen molar-refractivity contribution in [3.63, 3.8) is 0 Å². The van der Waals surface area contributed by atoms with Crippen LogP contribution in [0.5, 0.6) is 0 Å². The summed E-state index contributed by atoms with van der Waals surface area (Å²) in [6.07, 6.45) is 1.77. The minimum atomic E-state index is -0.346. The van der Waals surface area contributed by atoms with Crippen molar-refractivity contribution in [3.8, 4) is 0 Å². The van der Waals surface area contributed by atoms with Crippen LogP contribution in [-0.4, -0.2) is 35.2 Å². The van der Waals surface area contributed by atoms with E-state index in [4.69, 9.17) is 4.74 Å². The van der Waals surface area contributed by atoms with Gasteiger partial charge in [0, 0.05) is 24.4 Å². The van der Waals surface area contributed by atoms with Crippen molar-refractivity contribution in [3.05, 3.63) is 75.7 Å². The zero-order chi connectivity index (χ0) is 21.3. The van der Waals surface area contributed by atoms with Gasteiger partial charge in [0.05, 0.1) is 6.61 Å². The zero-order valence-corrected chi connectivity index (χ0v) is 17.7. The van der Waals surface area contributed by atoms with Crippen LogP contribution in [0.1, 0.15) is 44.1 Å². The van der Waals surface area contributed by atoms with E-state index < -0.39 is 0 Å². The van der Waals surface area contributed by atoms with E-state index in [1.165, 1.54) is 16.9 Å². The van der Waals surface area contributed by atoms with Crippen LogP contribution in [-0.2, 0) is 17.8 Å². The van der Waals surface area contributed by atoms with E-state index in [-0.39, 0.29) is 22.9 Å². The van der Waals surface area contributed by atoms with Crippen molar-refractivity contribution in [2.24, 2.45) is 0 Å². The summed E-state index contributed by atoms with van der Waals surface area (Å²) in [5, 5.41) is 14.4. The lowest BCUT2D eigenvalue weighted by atomic mass is 10.1. The fraction of sp³-hybridized carbons (Fsp3) is 0.273. The molecule has 2 aromatic carbocycles. The maximum atomic E-state index is 12.5. The number of nitrogens with zero attached hydrogens (tertiary/aromatic N) is 2. The number of amides is 2. The van der Waals surface area contributed by atoms with E-state index >= 15 is 0 Å². The van der Waals surface area contributed by atoms with E-state index in [0.717, 1.165) is 12.8 Å². The molecule has 2 N–H and O–H groups in total. The SMILES string of the molecule is COCc1nnc(C(=O)Nc2ccc(C(=O)N[C@H](C)CCc3ccccc3)cc2)s1. The lowest BCUT2D eigenvalue weighted by Gasteiger charge is -2.14. The van der Waals surface area contributed by atoms with Gasteiger partial charge in [0.15, 0.2) is 0 Å². The first-order chi connectivity index (χ1) is 14.5. The summed E-state index contributed by atoms with van der Waals surface area (Å²) >= 11 is 1.18. The van der Waals surface area contributed by atoms with Crippen LogP contribution in [0.25, 0.3) is 0 Å².